The molecule has 2 amide bonds. The molecule has 1 aliphatic rings. The van der Waals surface area contributed by atoms with Gasteiger partial charge in [0.2, 0.25) is 11.8 Å². The smallest absolute Gasteiger partial charge is 0.227 e. The molecule has 0 spiro atoms. The third-order valence-electron chi connectivity index (χ3n) is 3.90. The fourth-order valence-corrected chi connectivity index (χ4v) is 2.45. The van der Waals surface area contributed by atoms with Gasteiger partial charge in [0.25, 0.3) is 0 Å². The molecule has 0 unspecified atom stereocenters. The van der Waals surface area contributed by atoms with Crippen LogP contribution in [0.5, 0.6) is 0 Å². The highest BCUT2D eigenvalue weighted by Gasteiger charge is 2.34. The highest BCUT2D eigenvalue weighted by molar-refractivity contribution is 6.00. The lowest BCUT2D eigenvalue weighted by molar-refractivity contribution is -0.126. The van der Waals surface area contributed by atoms with Crippen LogP contribution in [0.15, 0.2) is 18.2 Å². The van der Waals surface area contributed by atoms with Gasteiger partial charge in [0.15, 0.2) is 0 Å². The zero-order valence-corrected chi connectivity index (χ0v) is 12.8. The van der Waals surface area contributed by atoms with Crippen molar-refractivity contribution in [1.82, 2.24) is 5.32 Å². The molecule has 1 atom stereocenters. The Morgan fingerprint density at radius 1 is 1.38 bits per heavy atom. The maximum absolute atomic E-state index is 12.1. The fourth-order valence-electron chi connectivity index (χ4n) is 2.45. The van der Waals surface area contributed by atoms with Crippen LogP contribution in [0.3, 0.4) is 0 Å². The maximum Gasteiger partial charge on any atom is 0.227 e. The van der Waals surface area contributed by atoms with Gasteiger partial charge in [-0.15, -0.1) is 0 Å². The van der Waals surface area contributed by atoms with E-state index in [2.05, 4.69) is 5.32 Å². The zero-order chi connectivity index (χ0) is 15.4. The number of carbonyl (C=O) groups excluding carboxylic acids is 2. The number of carbonyl (C=O) groups is 2. The van der Waals surface area contributed by atoms with Gasteiger partial charge in [-0.1, -0.05) is 6.07 Å². The molecule has 1 aromatic rings. The summed E-state index contributed by atoms with van der Waals surface area (Å²) < 4.78 is 4.90. The standard InChI is InChI=1S/C16H22N2O3/c1-11-4-5-14(8-12(11)2)18-10-13(9-15(18)19)16(20)17-6-7-21-3/h4-5,8,13H,6-7,9-10H2,1-3H3,(H,17,20)/t13-/m0/s1. The summed E-state index contributed by atoms with van der Waals surface area (Å²) in [5.41, 5.74) is 3.21. The summed E-state index contributed by atoms with van der Waals surface area (Å²) in [6, 6.07) is 5.94. The number of anilines is 1. The second kappa shape index (κ2) is 6.72. The second-order valence-electron chi connectivity index (χ2n) is 5.46. The third kappa shape index (κ3) is 3.61. The van der Waals surface area contributed by atoms with E-state index in [-0.39, 0.29) is 24.2 Å². The van der Waals surface area contributed by atoms with Crippen LogP contribution in [0.1, 0.15) is 17.5 Å². The van der Waals surface area contributed by atoms with Gasteiger partial charge in [0.1, 0.15) is 0 Å². The number of nitrogens with one attached hydrogen (secondary N) is 1. The minimum Gasteiger partial charge on any atom is -0.383 e. The Morgan fingerprint density at radius 3 is 2.81 bits per heavy atom. The molecular weight excluding hydrogens is 268 g/mol. The Bertz CT molecular complexity index is 542. The minimum absolute atomic E-state index is 0.00476. The molecule has 0 aliphatic carbocycles. The van der Waals surface area contributed by atoms with Crippen molar-refractivity contribution in [2.75, 3.05) is 31.7 Å². The van der Waals surface area contributed by atoms with Crippen molar-refractivity contribution in [3.63, 3.8) is 0 Å². The first-order valence-corrected chi connectivity index (χ1v) is 7.17. The molecule has 2 rings (SSSR count). The molecule has 1 aliphatic heterocycles. The van der Waals surface area contributed by atoms with Crippen molar-refractivity contribution in [3.05, 3.63) is 29.3 Å². The molecule has 1 heterocycles. The molecule has 1 fully saturated rings. The van der Waals surface area contributed by atoms with Gasteiger partial charge in [0.05, 0.1) is 12.5 Å². The first-order chi connectivity index (χ1) is 10.0. The van der Waals surface area contributed by atoms with Crippen LogP contribution in [-0.2, 0) is 14.3 Å². The summed E-state index contributed by atoms with van der Waals surface area (Å²) in [4.78, 5) is 25.9. The summed E-state index contributed by atoms with van der Waals surface area (Å²) in [6.45, 7) is 5.46. The van der Waals surface area contributed by atoms with Gasteiger partial charge in [-0.25, -0.2) is 0 Å². The van der Waals surface area contributed by atoms with Crippen molar-refractivity contribution < 1.29 is 14.3 Å². The van der Waals surface area contributed by atoms with Crippen LogP contribution in [-0.4, -0.2) is 38.6 Å². The van der Waals surface area contributed by atoms with Gasteiger partial charge in [0, 0.05) is 32.3 Å². The number of benzene rings is 1. The molecule has 1 aromatic carbocycles. The number of aryl methyl sites for hydroxylation is 2. The number of rotatable bonds is 5. The van der Waals surface area contributed by atoms with Crippen LogP contribution in [0.4, 0.5) is 5.69 Å². The molecule has 21 heavy (non-hydrogen) atoms. The lowest BCUT2D eigenvalue weighted by Gasteiger charge is -2.18. The number of ether oxygens (including phenoxy) is 1. The van der Waals surface area contributed by atoms with E-state index >= 15 is 0 Å². The molecule has 5 heteroatoms. The van der Waals surface area contributed by atoms with Crippen LogP contribution in [0, 0.1) is 19.8 Å². The third-order valence-corrected chi connectivity index (χ3v) is 3.90. The predicted molar refractivity (Wildman–Crippen MR) is 81.3 cm³/mol. The molecule has 1 N–H and O–H groups in total. The zero-order valence-electron chi connectivity index (χ0n) is 12.8. The molecule has 5 nitrogen and oxygen atoms in total. The average Bonchev–Trinajstić information content (AvgIpc) is 2.84. The Labute approximate surface area is 125 Å². The summed E-state index contributed by atoms with van der Waals surface area (Å²) in [7, 11) is 1.59. The van der Waals surface area contributed by atoms with Gasteiger partial charge in [-0.3, -0.25) is 9.59 Å². The molecule has 0 radical (unpaired) electrons. The van der Waals surface area contributed by atoms with E-state index in [0.717, 1.165) is 11.3 Å². The number of amides is 2. The number of hydrogen-bond donors (Lipinski definition) is 1. The summed E-state index contributed by atoms with van der Waals surface area (Å²) in [6.07, 6.45) is 0.270. The van der Waals surface area contributed by atoms with E-state index in [1.165, 1.54) is 5.56 Å². The van der Waals surface area contributed by atoms with Crippen molar-refractivity contribution in [3.8, 4) is 0 Å². The van der Waals surface area contributed by atoms with Crippen LogP contribution < -0.4 is 10.2 Å². The monoisotopic (exact) mass is 290 g/mol. The second-order valence-corrected chi connectivity index (χ2v) is 5.46. The Balaban J connectivity index is 2.02. The first-order valence-electron chi connectivity index (χ1n) is 7.17. The van der Waals surface area contributed by atoms with E-state index in [0.29, 0.717) is 19.7 Å². The summed E-state index contributed by atoms with van der Waals surface area (Å²) >= 11 is 0. The van der Waals surface area contributed by atoms with Crippen molar-refractivity contribution in [2.24, 2.45) is 5.92 Å². The number of nitrogens with zero attached hydrogens (tertiary/aromatic N) is 1. The quantitative estimate of drug-likeness (QED) is 0.834. The van der Waals surface area contributed by atoms with Crippen molar-refractivity contribution >= 4 is 17.5 Å². The molecular formula is C16H22N2O3. The first kappa shape index (κ1) is 15.5. The normalized spacial score (nSPS) is 18.1. The Hall–Kier alpha value is -1.88. The fraction of sp³-hybridized carbons (Fsp3) is 0.500. The molecule has 0 saturated carbocycles. The van der Waals surface area contributed by atoms with E-state index in [1.807, 2.05) is 32.0 Å². The lowest BCUT2D eigenvalue weighted by Crippen LogP contribution is -2.34. The van der Waals surface area contributed by atoms with Gasteiger partial charge >= 0.3 is 0 Å². The van der Waals surface area contributed by atoms with E-state index in [1.54, 1.807) is 12.0 Å². The van der Waals surface area contributed by atoms with Crippen molar-refractivity contribution in [1.29, 1.82) is 0 Å². The van der Waals surface area contributed by atoms with E-state index in [4.69, 9.17) is 4.74 Å². The van der Waals surface area contributed by atoms with Crippen molar-refractivity contribution in [2.45, 2.75) is 20.3 Å². The maximum atomic E-state index is 12.1. The summed E-state index contributed by atoms with van der Waals surface area (Å²) in [5, 5.41) is 2.80. The highest BCUT2D eigenvalue weighted by Crippen LogP contribution is 2.26. The average molecular weight is 290 g/mol. The molecule has 0 bridgehead atoms. The van der Waals surface area contributed by atoms with E-state index < -0.39 is 0 Å². The largest absolute Gasteiger partial charge is 0.383 e. The van der Waals surface area contributed by atoms with Gasteiger partial charge < -0.3 is 15.0 Å². The number of hydrogen-bond acceptors (Lipinski definition) is 3. The van der Waals surface area contributed by atoms with Gasteiger partial charge in [-0.2, -0.15) is 0 Å². The predicted octanol–water partition coefficient (Wildman–Crippen LogP) is 1.42. The SMILES string of the molecule is COCCNC(=O)[C@H]1CC(=O)N(c2ccc(C)c(C)c2)C1. The van der Waals surface area contributed by atoms with E-state index in [9.17, 15) is 9.59 Å². The van der Waals surface area contributed by atoms with Crippen LogP contribution in [0.2, 0.25) is 0 Å². The topological polar surface area (TPSA) is 58.6 Å². The molecule has 114 valence electrons. The van der Waals surface area contributed by atoms with Crippen LogP contribution in [0.25, 0.3) is 0 Å². The summed E-state index contributed by atoms with van der Waals surface area (Å²) in [5.74, 6) is -0.354. The Morgan fingerprint density at radius 2 is 2.14 bits per heavy atom. The molecule has 1 saturated heterocycles. The number of methoxy groups -OCH3 is 1. The minimum atomic E-state index is -0.282. The Kier molecular flexibility index (Phi) is 4.96. The van der Waals surface area contributed by atoms with Crippen LogP contribution >= 0.6 is 0 Å². The highest BCUT2D eigenvalue weighted by atomic mass is 16.5. The van der Waals surface area contributed by atoms with Gasteiger partial charge in [-0.05, 0) is 37.1 Å². The molecule has 0 aromatic heterocycles. The lowest BCUT2D eigenvalue weighted by atomic mass is 10.1.